The number of amides is 2. The van der Waals surface area contributed by atoms with Gasteiger partial charge >= 0.3 is 0 Å². The largest absolute Gasteiger partial charge is 0.497 e. The molecule has 0 spiro atoms. The molecule has 0 radical (unpaired) electrons. The van der Waals surface area contributed by atoms with Gasteiger partial charge in [-0.3, -0.25) is 15.0 Å². The molecule has 1 aliphatic rings. The molecule has 1 saturated heterocycles. The van der Waals surface area contributed by atoms with Crippen molar-refractivity contribution in [3.05, 3.63) is 64.7 Å². The summed E-state index contributed by atoms with van der Waals surface area (Å²) in [6, 6.07) is 13.8. The number of carbonyl (C=O) groups is 2. The van der Waals surface area contributed by atoms with Crippen molar-refractivity contribution >= 4 is 35.2 Å². The number of benzene rings is 2. The monoisotopic (exact) mass is 328 g/mol. The molecule has 2 amide bonds. The van der Waals surface area contributed by atoms with Crippen LogP contribution in [0.25, 0.3) is 6.08 Å². The number of methoxy groups -OCH3 is 1. The molecule has 0 aliphatic carbocycles. The minimum Gasteiger partial charge on any atom is -0.497 e. The number of carbonyl (C=O) groups excluding carboxylic acids is 2. The lowest BCUT2D eigenvalue weighted by Gasteiger charge is -2.14. The highest BCUT2D eigenvalue weighted by atomic mass is 35.5. The van der Waals surface area contributed by atoms with Crippen molar-refractivity contribution in [2.75, 3.05) is 12.1 Å². The molecule has 3 rings (SSSR count). The van der Waals surface area contributed by atoms with Crippen LogP contribution in [-0.4, -0.2) is 18.9 Å². The Balaban J connectivity index is 1.90. The lowest BCUT2D eigenvalue weighted by molar-refractivity contribution is -0.117. The molecule has 0 saturated carbocycles. The highest BCUT2D eigenvalue weighted by Crippen LogP contribution is 2.24. The molecular weight excluding hydrogens is 316 g/mol. The molecule has 0 aromatic heterocycles. The third-order valence-corrected chi connectivity index (χ3v) is 3.62. The summed E-state index contributed by atoms with van der Waals surface area (Å²) < 4.78 is 5.08. The molecule has 1 fully saturated rings. The highest BCUT2D eigenvalue weighted by molar-refractivity contribution is 6.33. The summed E-state index contributed by atoms with van der Waals surface area (Å²) in [6.45, 7) is 0. The molecule has 5 nitrogen and oxygen atoms in total. The van der Waals surface area contributed by atoms with E-state index in [-0.39, 0.29) is 5.57 Å². The van der Waals surface area contributed by atoms with Gasteiger partial charge in [-0.1, -0.05) is 29.8 Å². The summed E-state index contributed by atoms with van der Waals surface area (Å²) in [5.41, 5.74) is 3.84. The molecular formula is C17H13ClN2O3. The Hall–Kier alpha value is -2.79. The zero-order valence-corrected chi connectivity index (χ0v) is 13.0. The number of nitrogens with one attached hydrogen (secondary N) is 1. The molecule has 1 N–H and O–H groups in total. The fraction of sp³-hybridized carbons (Fsp3) is 0.0588. The number of hydrogen-bond acceptors (Lipinski definition) is 3. The van der Waals surface area contributed by atoms with Gasteiger partial charge in [0.25, 0.3) is 11.8 Å². The van der Waals surface area contributed by atoms with E-state index in [1.165, 1.54) is 5.01 Å². The molecule has 1 aliphatic heterocycles. The molecule has 0 atom stereocenters. The van der Waals surface area contributed by atoms with Crippen molar-refractivity contribution in [3.63, 3.8) is 0 Å². The Bertz CT molecular complexity index is 800. The number of nitrogens with zero attached hydrogens (tertiary/aromatic N) is 1. The summed E-state index contributed by atoms with van der Waals surface area (Å²) in [7, 11) is 1.57. The Morgan fingerprint density at radius 2 is 1.87 bits per heavy atom. The van der Waals surface area contributed by atoms with Crippen LogP contribution in [0.15, 0.2) is 54.1 Å². The van der Waals surface area contributed by atoms with E-state index >= 15 is 0 Å². The van der Waals surface area contributed by atoms with E-state index in [2.05, 4.69) is 5.43 Å². The zero-order chi connectivity index (χ0) is 16.4. The zero-order valence-electron chi connectivity index (χ0n) is 12.2. The molecule has 0 bridgehead atoms. The van der Waals surface area contributed by atoms with E-state index in [9.17, 15) is 9.59 Å². The summed E-state index contributed by atoms with van der Waals surface area (Å²) >= 11 is 5.92. The number of rotatable bonds is 3. The van der Waals surface area contributed by atoms with Crippen LogP contribution in [0.3, 0.4) is 0 Å². The number of halogens is 1. The van der Waals surface area contributed by atoms with E-state index in [0.717, 1.165) is 5.56 Å². The minimum atomic E-state index is -0.453. The molecule has 116 valence electrons. The lowest BCUT2D eigenvalue weighted by Crippen LogP contribution is -2.35. The van der Waals surface area contributed by atoms with Gasteiger partial charge < -0.3 is 4.74 Å². The Kier molecular flexibility index (Phi) is 4.04. The second-order valence-electron chi connectivity index (χ2n) is 4.89. The fourth-order valence-corrected chi connectivity index (χ4v) is 2.41. The quantitative estimate of drug-likeness (QED) is 0.696. The van der Waals surface area contributed by atoms with Gasteiger partial charge in [0.15, 0.2) is 0 Å². The van der Waals surface area contributed by atoms with Crippen LogP contribution >= 0.6 is 11.6 Å². The van der Waals surface area contributed by atoms with Gasteiger partial charge in [0.05, 0.1) is 12.8 Å². The van der Waals surface area contributed by atoms with Gasteiger partial charge in [-0.15, -0.1) is 0 Å². The van der Waals surface area contributed by atoms with Crippen LogP contribution < -0.4 is 15.2 Å². The first-order valence-corrected chi connectivity index (χ1v) is 7.23. The van der Waals surface area contributed by atoms with Crippen LogP contribution in [-0.2, 0) is 9.59 Å². The molecule has 2 aromatic rings. The van der Waals surface area contributed by atoms with Crippen molar-refractivity contribution in [1.29, 1.82) is 0 Å². The first kappa shape index (κ1) is 15.1. The standard InChI is InChI=1S/C17H13ClN2O3/c1-23-14-7-5-11(6-8-14)9-15-16(21)19-20(17(15)22)13-4-2-3-12(18)10-13/h2-10H,1H3,(H,19,21)/b15-9-. The molecule has 0 unspecified atom stereocenters. The maximum Gasteiger partial charge on any atom is 0.282 e. The highest BCUT2D eigenvalue weighted by Gasteiger charge is 2.34. The predicted molar refractivity (Wildman–Crippen MR) is 88.1 cm³/mol. The first-order chi connectivity index (χ1) is 11.1. The van der Waals surface area contributed by atoms with E-state index in [1.807, 2.05) is 0 Å². The lowest BCUT2D eigenvalue weighted by atomic mass is 10.1. The van der Waals surface area contributed by atoms with Crippen LogP contribution in [0.1, 0.15) is 5.56 Å². The molecule has 23 heavy (non-hydrogen) atoms. The normalized spacial score (nSPS) is 15.9. The fourth-order valence-electron chi connectivity index (χ4n) is 2.22. The summed E-state index contributed by atoms with van der Waals surface area (Å²) in [5, 5.41) is 1.67. The van der Waals surface area contributed by atoms with Gasteiger partial charge in [0, 0.05) is 5.02 Å². The SMILES string of the molecule is COc1ccc(/C=C2/C(=O)NN(c3cccc(Cl)c3)C2=O)cc1. The predicted octanol–water partition coefficient (Wildman–Crippen LogP) is 2.81. The average Bonchev–Trinajstić information content (AvgIpc) is 2.84. The van der Waals surface area contributed by atoms with Crippen molar-refractivity contribution < 1.29 is 14.3 Å². The van der Waals surface area contributed by atoms with E-state index in [4.69, 9.17) is 16.3 Å². The van der Waals surface area contributed by atoms with Crippen molar-refractivity contribution in [2.24, 2.45) is 0 Å². The van der Waals surface area contributed by atoms with Gasteiger partial charge in [-0.25, -0.2) is 5.01 Å². The van der Waals surface area contributed by atoms with Gasteiger partial charge in [-0.05, 0) is 42.0 Å². The van der Waals surface area contributed by atoms with Crippen LogP contribution in [0.2, 0.25) is 5.02 Å². The van der Waals surface area contributed by atoms with E-state index in [0.29, 0.717) is 16.5 Å². The second-order valence-corrected chi connectivity index (χ2v) is 5.33. The first-order valence-electron chi connectivity index (χ1n) is 6.85. The van der Waals surface area contributed by atoms with Crippen molar-refractivity contribution in [3.8, 4) is 5.75 Å². The number of ether oxygens (including phenoxy) is 1. The van der Waals surface area contributed by atoms with Crippen LogP contribution in [0.4, 0.5) is 5.69 Å². The number of hydrogen-bond donors (Lipinski definition) is 1. The maximum atomic E-state index is 12.5. The Morgan fingerprint density at radius 3 is 2.52 bits per heavy atom. The van der Waals surface area contributed by atoms with Gasteiger partial charge in [0.2, 0.25) is 0 Å². The van der Waals surface area contributed by atoms with E-state index < -0.39 is 11.8 Å². The smallest absolute Gasteiger partial charge is 0.282 e. The molecule has 2 aromatic carbocycles. The summed E-state index contributed by atoms with van der Waals surface area (Å²) in [6.07, 6.45) is 1.54. The third kappa shape index (κ3) is 3.05. The van der Waals surface area contributed by atoms with Crippen molar-refractivity contribution in [2.45, 2.75) is 0 Å². The van der Waals surface area contributed by atoms with Crippen LogP contribution in [0, 0.1) is 0 Å². The minimum absolute atomic E-state index is 0.0649. The molecule has 6 heteroatoms. The average molecular weight is 329 g/mol. The summed E-state index contributed by atoms with van der Waals surface area (Å²) in [5.74, 6) is -0.172. The maximum absolute atomic E-state index is 12.5. The third-order valence-electron chi connectivity index (χ3n) is 3.38. The van der Waals surface area contributed by atoms with E-state index in [1.54, 1.807) is 61.7 Å². The Morgan fingerprint density at radius 1 is 1.13 bits per heavy atom. The molecule has 1 heterocycles. The van der Waals surface area contributed by atoms with Gasteiger partial charge in [-0.2, -0.15) is 0 Å². The topological polar surface area (TPSA) is 58.6 Å². The number of hydrazine groups is 1. The Labute approximate surface area is 138 Å². The second kappa shape index (κ2) is 6.14. The number of anilines is 1. The van der Waals surface area contributed by atoms with Crippen molar-refractivity contribution in [1.82, 2.24) is 5.43 Å². The van der Waals surface area contributed by atoms with Crippen LogP contribution in [0.5, 0.6) is 5.75 Å². The van der Waals surface area contributed by atoms with Gasteiger partial charge in [0.1, 0.15) is 11.3 Å². The summed E-state index contributed by atoms with van der Waals surface area (Å²) in [4.78, 5) is 24.5.